The van der Waals surface area contributed by atoms with Crippen LogP contribution in [0, 0.1) is 5.82 Å². The maximum Gasteiger partial charge on any atom is 0.222 e. The number of likely N-dealkylation sites (tertiary alicyclic amines) is 1. The molecule has 0 saturated carbocycles. The normalized spacial score (nSPS) is 16.0. The maximum atomic E-state index is 13.3. The van der Waals surface area contributed by atoms with Crippen LogP contribution in [0.2, 0.25) is 0 Å². The van der Waals surface area contributed by atoms with Crippen molar-refractivity contribution < 1.29 is 9.18 Å². The van der Waals surface area contributed by atoms with E-state index in [1.165, 1.54) is 12.1 Å². The van der Waals surface area contributed by atoms with Crippen molar-refractivity contribution in [1.82, 2.24) is 20.5 Å². The zero-order valence-corrected chi connectivity index (χ0v) is 16.7. The molecule has 3 N–H and O–H groups in total. The Hall–Kier alpha value is -2.57. The molecule has 2 aromatic rings. The Bertz CT molecular complexity index is 831. The number of aliphatic imine (C=N–C) groups is 1. The van der Waals surface area contributed by atoms with Gasteiger partial charge in [-0.1, -0.05) is 6.92 Å². The zero-order valence-electron chi connectivity index (χ0n) is 16.7. The first-order valence-electron chi connectivity index (χ1n) is 10.1. The third kappa shape index (κ3) is 4.82. The van der Waals surface area contributed by atoms with E-state index < -0.39 is 0 Å². The van der Waals surface area contributed by atoms with Crippen LogP contribution in [-0.4, -0.2) is 54.5 Å². The molecule has 6 nitrogen and oxygen atoms in total. The number of hydrogen-bond acceptors (Lipinski definition) is 2. The predicted molar refractivity (Wildman–Crippen MR) is 111 cm³/mol. The second-order valence-corrected chi connectivity index (χ2v) is 7.22. The number of aromatic amines is 1. The molecule has 1 saturated heterocycles. The summed E-state index contributed by atoms with van der Waals surface area (Å²) in [6, 6.07) is 5.12. The Labute approximate surface area is 165 Å². The third-order valence-corrected chi connectivity index (χ3v) is 5.43. The number of benzene rings is 1. The van der Waals surface area contributed by atoms with Gasteiger partial charge in [-0.2, -0.15) is 0 Å². The van der Waals surface area contributed by atoms with E-state index >= 15 is 0 Å². The largest absolute Gasteiger partial charge is 0.361 e. The first-order valence-corrected chi connectivity index (χ1v) is 10.1. The van der Waals surface area contributed by atoms with Crippen LogP contribution in [0.1, 0.15) is 38.2 Å². The van der Waals surface area contributed by atoms with Gasteiger partial charge in [-0.3, -0.25) is 9.79 Å². The first-order chi connectivity index (χ1) is 13.6. The molecular weight excluding hydrogens is 357 g/mol. The lowest BCUT2D eigenvalue weighted by atomic mass is 10.1. The average molecular weight is 388 g/mol. The van der Waals surface area contributed by atoms with Crippen molar-refractivity contribution in [2.24, 2.45) is 4.99 Å². The number of fused-ring (bicyclic) bond motifs is 1. The zero-order chi connectivity index (χ0) is 19.9. The number of nitrogens with one attached hydrogen (secondary N) is 3. The minimum atomic E-state index is -0.232. The summed E-state index contributed by atoms with van der Waals surface area (Å²) in [5.41, 5.74) is 1.97. The number of amides is 1. The Morgan fingerprint density at radius 2 is 2.18 bits per heavy atom. The Morgan fingerprint density at radius 1 is 1.36 bits per heavy atom. The molecule has 0 bridgehead atoms. The van der Waals surface area contributed by atoms with Crippen LogP contribution in [0.5, 0.6) is 0 Å². The fourth-order valence-corrected chi connectivity index (χ4v) is 3.89. The standard InChI is InChI=1S/C21H30FN5O/c1-3-17(27-12-4-5-20(27)28)9-11-25-21(23-2)24-10-8-15-14-26-19-13-16(22)6-7-18(15)19/h6-7,13-14,17,26H,3-5,8-12H2,1-2H3,(H2,23,24,25). The summed E-state index contributed by atoms with van der Waals surface area (Å²) in [6.07, 6.45) is 6.30. The van der Waals surface area contributed by atoms with Gasteiger partial charge < -0.3 is 20.5 Å². The number of nitrogens with zero attached hydrogens (tertiary/aromatic N) is 2. The van der Waals surface area contributed by atoms with Crippen molar-refractivity contribution in [1.29, 1.82) is 0 Å². The van der Waals surface area contributed by atoms with E-state index in [0.29, 0.717) is 12.5 Å². The number of aromatic nitrogens is 1. The average Bonchev–Trinajstić information content (AvgIpc) is 3.29. The molecule has 1 fully saturated rings. The lowest BCUT2D eigenvalue weighted by Crippen LogP contribution is -2.42. The van der Waals surface area contributed by atoms with Gasteiger partial charge in [-0.15, -0.1) is 0 Å². The van der Waals surface area contributed by atoms with Crippen molar-refractivity contribution >= 4 is 22.8 Å². The van der Waals surface area contributed by atoms with Crippen LogP contribution in [0.4, 0.5) is 4.39 Å². The van der Waals surface area contributed by atoms with Gasteiger partial charge in [0, 0.05) is 56.2 Å². The molecular formula is C21H30FN5O. The molecule has 28 heavy (non-hydrogen) atoms. The smallest absolute Gasteiger partial charge is 0.222 e. The number of rotatable bonds is 8. The van der Waals surface area contributed by atoms with Gasteiger partial charge >= 0.3 is 0 Å². The Morgan fingerprint density at radius 3 is 2.89 bits per heavy atom. The van der Waals surface area contributed by atoms with Gasteiger partial charge in [0.25, 0.3) is 0 Å². The molecule has 0 spiro atoms. The summed E-state index contributed by atoms with van der Waals surface area (Å²) in [6.45, 7) is 4.52. The number of guanidine groups is 1. The summed E-state index contributed by atoms with van der Waals surface area (Å²) in [5, 5.41) is 7.71. The Balaban J connectivity index is 1.43. The maximum absolute atomic E-state index is 13.3. The van der Waals surface area contributed by atoms with E-state index in [2.05, 4.69) is 27.5 Å². The SMILES string of the molecule is CCC(CCNC(=NC)NCCc1c[nH]c2cc(F)ccc12)N1CCCC1=O. The van der Waals surface area contributed by atoms with Gasteiger partial charge in [0.2, 0.25) is 5.91 Å². The lowest BCUT2D eigenvalue weighted by molar-refractivity contribution is -0.129. The van der Waals surface area contributed by atoms with Gasteiger partial charge in [0.1, 0.15) is 5.82 Å². The molecule has 1 aromatic heterocycles. The molecule has 1 aromatic carbocycles. The molecule has 152 valence electrons. The Kier molecular flexibility index (Phi) is 6.90. The molecule has 1 aliphatic rings. The minimum absolute atomic E-state index is 0.232. The van der Waals surface area contributed by atoms with Crippen LogP contribution in [-0.2, 0) is 11.2 Å². The second kappa shape index (κ2) is 9.57. The van der Waals surface area contributed by atoms with Crippen LogP contribution in [0.3, 0.4) is 0 Å². The van der Waals surface area contributed by atoms with E-state index in [0.717, 1.165) is 67.7 Å². The fraction of sp³-hybridized carbons (Fsp3) is 0.524. The molecule has 1 aliphatic heterocycles. The predicted octanol–water partition coefficient (Wildman–Crippen LogP) is 2.81. The molecule has 7 heteroatoms. The molecule has 2 heterocycles. The quantitative estimate of drug-likeness (QED) is 0.482. The molecule has 0 radical (unpaired) electrons. The fourth-order valence-electron chi connectivity index (χ4n) is 3.89. The molecule has 0 aliphatic carbocycles. The van der Waals surface area contributed by atoms with Crippen LogP contribution in [0.15, 0.2) is 29.4 Å². The summed E-state index contributed by atoms with van der Waals surface area (Å²) in [4.78, 5) is 21.4. The lowest BCUT2D eigenvalue weighted by Gasteiger charge is -2.27. The highest BCUT2D eigenvalue weighted by Crippen LogP contribution is 2.19. The first kappa shape index (κ1) is 20.2. The van der Waals surface area contributed by atoms with Gasteiger partial charge in [-0.25, -0.2) is 4.39 Å². The van der Waals surface area contributed by atoms with E-state index in [1.54, 1.807) is 7.05 Å². The minimum Gasteiger partial charge on any atom is -0.361 e. The molecule has 3 rings (SSSR count). The second-order valence-electron chi connectivity index (χ2n) is 7.22. The highest BCUT2D eigenvalue weighted by Gasteiger charge is 2.26. The highest BCUT2D eigenvalue weighted by atomic mass is 19.1. The van der Waals surface area contributed by atoms with Crippen LogP contribution in [0.25, 0.3) is 10.9 Å². The summed E-state index contributed by atoms with van der Waals surface area (Å²) in [7, 11) is 1.76. The number of carbonyl (C=O) groups is 1. The van der Waals surface area contributed by atoms with Crippen LogP contribution < -0.4 is 10.6 Å². The van der Waals surface area contributed by atoms with E-state index in [-0.39, 0.29) is 11.7 Å². The van der Waals surface area contributed by atoms with Crippen molar-refractivity contribution in [2.75, 3.05) is 26.7 Å². The van der Waals surface area contributed by atoms with Crippen molar-refractivity contribution in [3.63, 3.8) is 0 Å². The van der Waals surface area contributed by atoms with Gasteiger partial charge in [0.05, 0.1) is 0 Å². The molecule has 1 atom stereocenters. The van der Waals surface area contributed by atoms with Gasteiger partial charge in [-0.05, 0) is 49.4 Å². The van der Waals surface area contributed by atoms with Gasteiger partial charge in [0.15, 0.2) is 5.96 Å². The number of hydrogen-bond donors (Lipinski definition) is 3. The van der Waals surface area contributed by atoms with Crippen molar-refractivity contribution in [3.8, 4) is 0 Å². The summed E-state index contributed by atoms with van der Waals surface area (Å²) >= 11 is 0. The van der Waals surface area contributed by atoms with Crippen molar-refractivity contribution in [2.45, 2.75) is 45.1 Å². The molecule has 1 amide bonds. The highest BCUT2D eigenvalue weighted by molar-refractivity contribution is 5.83. The topological polar surface area (TPSA) is 72.5 Å². The number of carbonyl (C=O) groups excluding carboxylic acids is 1. The van der Waals surface area contributed by atoms with Crippen LogP contribution >= 0.6 is 0 Å². The summed E-state index contributed by atoms with van der Waals surface area (Å²) < 4.78 is 13.3. The van der Waals surface area contributed by atoms with Crippen molar-refractivity contribution in [3.05, 3.63) is 35.8 Å². The summed E-state index contributed by atoms with van der Waals surface area (Å²) in [5.74, 6) is 0.811. The van der Waals surface area contributed by atoms with E-state index in [9.17, 15) is 9.18 Å². The number of halogens is 1. The molecule has 1 unspecified atom stereocenters. The third-order valence-electron chi connectivity index (χ3n) is 5.43. The number of H-pyrrole nitrogens is 1. The van der Waals surface area contributed by atoms with E-state index in [1.807, 2.05) is 17.2 Å². The monoisotopic (exact) mass is 387 g/mol. The van der Waals surface area contributed by atoms with E-state index in [4.69, 9.17) is 0 Å².